The Balaban J connectivity index is 0.00000338. The summed E-state index contributed by atoms with van der Waals surface area (Å²) in [7, 11) is 0. The number of nitro groups is 1. The monoisotopic (exact) mass is 401 g/mol. The zero-order valence-corrected chi connectivity index (χ0v) is 17.1. The smallest absolute Gasteiger partial charge is 0.283 e. The minimum Gasteiger partial charge on any atom is -0.349 e. The Hall–Kier alpha value is -1.31. The average Bonchev–Trinajstić information content (AvgIpc) is 2.56. The third kappa shape index (κ3) is 6.45. The van der Waals surface area contributed by atoms with Crippen molar-refractivity contribution in [3.05, 3.63) is 33.9 Å². The van der Waals surface area contributed by atoms with Gasteiger partial charge in [0.2, 0.25) is 0 Å². The number of nitrogens with zero attached hydrogens (tertiary/aromatic N) is 1. The van der Waals surface area contributed by atoms with Gasteiger partial charge in [-0.1, -0.05) is 20.8 Å². The van der Waals surface area contributed by atoms with Gasteiger partial charge in [-0.3, -0.25) is 14.9 Å². The molecule has 6 nitrogen and oxygen atoms in total. The molecule has 1 aliphatic heterocycles. The first kappa shape index (κ1) is 22.7. The summed E-state index contributed by atoms with van der Waals surface area (Å²) < 4.78 is 0. The lowest BCUT2D eigenvalue weighted by Gasteiger charge is -2.30. The molecular formula is C18H28ClN3O3S. The van der Waals surface area contributed by atoms with E-state index in [1.807, 2.05) is 0 Å². The number of carbonyl (C=O) groups is 1. The lowest BCUT2D eigenvalue weighted by atomic mass is 9.95. The molecule has 2 rings (SSSR count). The molecule has 1 aliphatic rings. The van der Waals surface area contributed by atoms with Crippen LogP contribution in [0.1, 0.15) is 44.0 Å². The van der Waals surface area contributed by atoms with E-state index in [0.29, 0.717) is 22.3 Å². The van der Waals surface area contributed by atoms with E-state index in [1.165, 1.54) is 17.8 Å². The first-order valence-electron chi connectivity index (χ1n) is 8.81. The summed E-state index contributed by atoms with van der Waals surface area (Å²) in [6.07, 6.45) is 1.87. The minimum atomic E-state index is -0.401. The maximum Gasteiger partial charge on any atom is 0.283 e. The Labute approximate surface area is 165 Å². The summed E-state index contributed by atoms with van der Waals surface area (Å²) in [6, 6.07) is 4.89. The molecule has 2 N–H and O–H groups in total. The van der Waals surface area contributed by atoms with Gasteiger partial charge in [-0.25, -0.2) is 0 Å². The zero-order valence-electron chi connectivity index (χ0n) is 15.5. The molecule has 1 aromatic rings. The SMILES string of the molecule is CC(C)CCSc1ccc(C(=O)NC2CCNCC2C)cc1[N+](=O)[O-].Cl. The van der Waals surface area contributed by atoms with Crippen LogP contribution in [0.15, 0.2) is 23.1 Å². The average molecular weight is 402 g/mol. The number of piperidine rings is 1. The van der Waals surface area contributed by atoms with Crippen molar-refractivity contribution in [3.63, 3.8) is 0 Å². The number of benzene rings is 1. The second kappa shape index (κ2) is 10.7. The molecule has 1 aromatic carbocycles. The lowest BCUT2D eigenvalue weighted by Crippen LogP contribution is -2.48. The normalized spacial score (nSPS) is 19.7. The first-order chi connectivity index (χ1) is 11.9. The van der Waals surface area contributed by atoms with Crippen molar-refractivity contribution in [2.75, 3.05) is 18.8 Å². The van der Waals surface area contributed by atoms with Gasteiger partial charge in [0.1, 0.15) is 0 Å². The number of hydrogen-bond donors (Lipinski definition) is 2. The summed E-state index contributed by atoms with van der Waals surface area (Å²) >= 11 is 1.48. The van der Waals surface area contributed by atoms with Crippen molar-refractivity contribution in [1.82, 2.24) is 10.6 Å². The Morgan fingerprint density at radius 2 is 2.19 bits per heavy atom. The highest BCUT2D eigenvalue weighted by atomic mass is 35.5. The molecule has 1 fully saturated rings. The fourth-order valence-electron chi connectivity index (χ4n) is 2.81. The fourth-order valence-corrected chi connectivity index (χ4v) is 4.06. The van der Waals surface area contributed by atoms with Crippen LogP contribution in [-0.2, 0) is 0 Å². The van der Waals surface area contributed by atoms with Gasteiger partial charge in [-0.15, -0.1) is 24.2 Å². The van der Waals surface area contributed by atoms with Crippen molar-refractivity contribution in [3.8, 4) is 0 Å². The Kier molecular flexibility index (Phi) is 9.39. The quantitative estimate of drug-likeness (QED) is 0.411. The Morgan fingerprint density at radius 1 is 1.46 bits per heavy atom. The van der Waals surface area contributed by atoms with E-state index in [2.05, 4.69) is 31.4 Å². The third-order valence-corrected chi connectivity index (χ3v) is 5.57. The Morgan fingerprint density at radius 3 is 2.81 bits per heavy atom. The number of carbonyl (C=O) groups excluding carboxylic acids is 1. The van der Waals surface area contributed by atoms with Crippen molar-refractivity contribution >= 4 is 35.8 Å². The second-order valence-electron chi connectivity index (χ2n) is 7.02. The van der Waals surface area contributed by atoms with Crippen molar-refractivity contribution in [2.45, 2.75) is 44.6 Å². The van der Waals surface area contributed by atoms with E-state index in [9.17, 15) is 14.9 Å². The standard InChI is InChI=1S/C18H27N3O3S.ClH/c1-12(2)7-9-25-17-5-4-14(10-16(17)21(23)24)18(22)20-15-6-8-19-11-13(15)3;/h4-5,10,12-13,15,19H,6-9,11H2,1-3H3,(H,20,22);1H. The van der Waals surface area contributed by atoms with Crippen LogP contribution >= 0.6 is 24.2 Å². The van der Waals surface area contributed by atoms with Gasteiger partial charge in [0.15, 0.2) is 0 Å². The van der Waals surface area contributed by atoms with Crippen LogP contribution in [0.5, 0.6) is 0 Å². The van der Waals surface area contributed by atoms with Crippen LogP contribution in [0.3, 0.4) is 0 Å². The molecule has 1 amide bonds. The van der Waals surface area contributed by atoms with Crippen molar-refractivity contribution < 1.29 is 9.72 Å². The number of halogens is 1. The summed E-state index contributed by atoms with van der Waals surface area (Å²) in [4.78, 5) is 24.1. The van der Waals surface area contributed by atoms with Crippen LogP contribution in [0.4, 0.5) is 5.69 Å². The molecule has 146 valence electrons. The minimum absolute atomic E-state index is 0. The van der Waals surface area contributed by atoms with E-state index < -0.39 is 4.92 Å². The van der Waals surface area contributed by atoms with E-state index in [1.54, 1.807) is 12.1 Å². The molecule has 1 saturated heterocycles. The fraction of sp³-hybridized carbons (Fsp3) is 0.611. The molecule has 2 unspecified atom stereocenters. The largest absolute Gasteiger partial charge is 0.349 e. The maximum absolute atomic E-state index is 12.5. The van der Waals surface area contributed by atoms with E-state index in [0.717, 1.165) is 31.7 Å². The summed E-state index contributed by atoms with van der Waals surface area (Å²) in [5.74, 6) is 1.50. The second-order valence-corrected chi connectivity index (χ2v) is 8.16. The molecule has 0 bridgehead atoms. The number of amides is 1. The van der Waals surface area contributed by atoms with Crippen molar-refractivity contribution in [1.29, 1.82) is 0 Å². The molecule has 2 atom stereocenters. The highest BCUT2D eigenvalue weighted by Crippen LogP contribution is 2.31. The predicted molar refractivity (Wildman–Crippen MR) is 108 cm³/mol. The molecule has 0 aromatic heterocycles. The molecular weight excluding hydrogens is 374 g/mol. The molecule has 26 heavy (non-hydrogen) atoms. The van der Waals surface area contributed by atoms with E-state index in [-0.39, 0.29) is 30.0 Å². The van der Waals surface area contributed by atoms with Gasteiger partial charge in [-0.2, -0.15) is 0 Å². The van der Waals surface area contributed by atoms with Gasteiger partial charge in [0, 0.05) is 17.7 Å². The van der Waals surface area contributed by atoms with E-state index >= 15 is 0 Å². The van der Waals surface area contributed by atoms with Gasteiger partial charge in [0.25, 0.3) is 11.6 Å². The van der Waals surface area contributed by atoms with Gasteiger partial charge >= 0.3 is 0 Å². The number of thioether (sulfide) groups is 1. The van der Waals surface area contributed by atoms with Crippen LogP contribution in [0.25, 0.3) is 0 Å². The topological polar surface area (TPSA) is 84.3 Å². The predicted octanol–water partition coefficient (Wildman–Crippen LogP) is 3.88. The summed E-state index contributed by atoms with van der Waals surface area (Å²) in [6.45, 7) is 8.10. The number of hydrogen-bond acceptors (Lipinski definition) is 5. The van der Waals surface area contributed by atoms with Gasteiger partial charge in [0.05, 0.1) is 9.82 Å². The molecule has 0 aliphatic carbocycles. The van der Waals surface area contributed by atoms with E-state index in [4.69, 9.17) is 0 Å². The summed E-state index contributed by atoms with van der Waals surface area (Å²) in [5.41, 5.74) is 0.366. The van der Waals surface area contributed by atoms with Gasteiger partial charge in [-0.05, 0) is 55.7 Å². The molecule has 1 heterocycles. The van der Waals surface area contributed by atoms with Crippen LogP contribution in [0.2, 0.25) is 0 Å². The van der Waals surface area contributed by atoms with Crippen LogP contribution in [-0.4, -0.2) is 35.7 Å². The van der Waals surface area contributed by atoms with Crippen molar-refractivity contribution in [2.24, 2.45) is 11.8 Å². The number of rotatable bonds is 7. The van der Waals surface area contributed by atoms with Crippen LogP contribution in [0, 0.1) is 22.0 Å². The molecule has 0 radical (unpaired) electrons. The molecule has 0 spiro atoms. The van der Waals surface area contributed by atoms with Crippen LogP contribution < -0.4 is 10.6 Å². The molecule has 8 heteroatoms. The number of nitrogens with one attached hydrogen (secondary N) is 2. The number of nitro benzene ring substituents is 1. The third-order valence-electron chi connectivity index (χ3n) is 4.47. The highest BCUT2D eigenvalue weighted by molar-refractivity contribution is 7.99. The molecule has 0 saturated carbocycles. The first-order valence-corrected chi connectivity index (χ1v) is 9.80. The lowest BCUT2D eigenvalue weighted by molar-refractivity contribution is -0.387. The zero-order chi connectivity index (χ0) is 18.4. The summed E-state index contributed by atoms with van der Waals surface area (Å²) in [5, 5.41) is 17.7. The van der Waals surface area contributed by atoms with Gasteiger partial charge < -0.3 is 10.6 Å². The maximum atomic E-state index is 12.5. The highest BCUT2D eigenvalue weighted by Gasteiger charge is 2.24. The Bertz CT molecular complexity index is 628.